The van der Waals surface area contributed by atoms with E-state index in [0.29, 0.717) is 27.1 Å². The normalized spacial score (nSPS) is 11.9. The minimum Gasteiger partial charge on any atom is -0.466 e. The molecule has 0 bridgehead atoms. The topological polar surface area (TPSA) is 108 Å². The monoisotopic (exact) mass is 410 g/mol. The van der Waals surface area contributed by atoms with Crippen LogP contribution in [0.15, 0.2) is 12.3 Å². The zero-order valence-electron chi connectivity index (χ0n) is 16.0. The van der Waals surface area contributed by atoms with Crippen molar-refractivity contribution in [3.05, 3.63) is 28.4 Å². The van der Waals surface area contributed by atoms with Crippen molar-refractivity contribution in [2.45, 2.75) is 40.2 Å². The fourth-order valence-corrected chi connectivity index (χ4v) is 3.17. The lowest BCUT2D eigenvalue weighted by Crippen LogP contribution is -2.24. The standard InChI is InChI=1S/C19H23ClN2O6/c1-4-26-17(24)8-13(19(25)27-5-2)6-12-7-16(20)18-14(9-21-22-18)15(12)10-28-11(3)23/h7,9,13H,4-6,8,10H2,1-3H3,(H,21,22). The highest BCUT2D eigenvalue weighted by molar-refractivity contribution is 6.35. The minimum absolute atomic E-state index is 0.00712. The number of nitrogens with zero attached hydrogens (tertiary/aromatic N) is 1. The van der Waals surface area contributed by atoms with Crippen LogP contribution in [0.3, 0.4) is 0 Å². The lowest BCUT2D eigenvalue weighted by molar-refractivity contribution is -0.154. The number of aromatic nitrogens is 2. The van der Waals surface area contributed by atoms with Gasteiger partial charge in [0.2, 0.25) is 0 Å². The first-order valence-electron chi connectivity index (χ1n) is 8.96. The Morgan fingerprint density at radius 3 is 2.54 bits per heavy atom. The van der Waals surface area contributed by atoms with E-state index >= 15 is 0 Å². The molecule has 2 rings (SSSR count). The van der Waals surface area contributed by atoms with Crippen molar-refractivity contribution in [1.29, 1.82) is 0 Å². The summed E-state index contributed by atoms with van der Waals surface area (Å²) in [7, 11) is 0. The fraction of sp³-hybridized carbons (Fsp3) is 0.474. The first-order valence-corrected chi connectivity index (χ1v) is 9.34. The van der Waals surface area contributed by atoms with E-state index in [1.807, 2.05) is 0 Å². The Balaban J connectivity index is 2.40. The van der Waals surface area contributed by atoms with Gasteiger partial charge < -0.3 is 14.2 Å². The predicted molar refractivity (Wildman–Crippen MR) is 102 cm³/mol. The molecule has 1 aromatic heterocycles. The number of benzene rings is 1. The zero-order chi connectivity index (χ0) is 20.7. The molecular formula is C19H23ClN2O6. The first kappa shape index (κ1) is 21.7. The summed E-state index contributed by atoms with van der Waals surface area (Å²) in [5.74, 6) is -2.18. The number of ether oxygens (including phenoxy) is 3. The molecule has 0 saturated heterocycles. The zero-order valence-corrected chi connectivity index (χ0v) is 16.8. The second-order valence-electron chi connectivity index (χ2n) is 6.10. The number of carbonyl (C=O) groups is 3. The molecule has 1 atom stereocenters. The minimum atomic E-state index is -0.754. The van der Waals surface area contributed by atoms with E-state index in [2.05, 4.69) is 10.2 Å². The Labute approximate surface area is 167 Å². The van der Waals surface area contributed by atoms with Crippen LogP contribution < -0.4 is 0 Å². The van der Waals surface area contributed by atoms with Gasteiger partial charge in [0.25, 0.3) is 0 Å². The van der Waals surface area contributed by atoms with Gasteiger partial charge in [0, 0.05) is 17.9 Å². The van der Waals surface area contributed by atoms with Gasteiger partial charge in [-0.2, -0.15) is 5.10 Å². The fourth-order valence-electron chi connectivity index (χ4n) is 2.89. The van der Waals surface area contributed by atoms with Crippen molar-refractivity contribution in [2.24, 2.45) is 5.92 Å². The molecule has 1 unspecified atom stereocenters. The van der Waals surface area contributed by atoms with Gasteiger partial charge in [0.15, 0.2) is 0 Å². The number of carbonyl (C=O) groups excluding carboxylic acids is 3. The summed E-state index contributed by atoms with van der Waals surface area (Å²) < 4.78 is 15.2. The Morgan fingerprint density at radius 1 is 1.18 bits per heavy atom. The van der Waals surface area contributed by atoms with Crippen LogP contribution in [0.4, 0.5) is 0 Å². The first-order chi connectivity index (χ1) is 13.4. The molecule has 0 saturated carbocycles. The van der Waals surface area contributed by atoms with Crippen molar-refractivity contribution < 1.29 is 28.6 Å². The molecule has 0 aliphatic carbocycles. The van der Waals surface area contributed by atoms with E-state index in [4.69, 9.17) is 25.8 Å². The van der Waals surface area contributed by atoms with Gasteiger partial charge in [0.05, 0.1) is 42.3 Å². The van der Waals surface area contributed by atoms with Gasteiger partial charge in [-0.15, -0.1) is 0 Å². The molecule has 0 spiro atoms. The molecule has 9 heteroatoms. The Bertz CT molecular complexity index is 863. The summed E-state index contributed by atoms with van der Waals surface area (Å²) in [5, 5.41) is 7.88. The maximum atomic E-state index is 12.4. The van der Waals surface area contributed by atoms with Crippen LogP contribution >= 0.6 is 11.6 Å². The summed E-state index contributed by atoms with van der Waals surface area (Å²) in [4.78, 5) is 35.6. The highest BCUT2D eigenvalue weighted by atomic mass is 35.5. The average molecular weight is 411 g/mol. The van der Waals surface area contributed by atoms with Crippen LogP contribution in [0.2, 0.25) is 5.02 Å². The number of H-pyrrole nitrogens is 1. The molecule has 1 aromatic carbocycles. The van der Waals surface area contributed by atoms with E-state index in [1.165, 1.54) is 6.92 Å². The number of rotatable bonds is 9. The van der Waals surface area contributed by atoms with Crippen LogP contribution in [0.25, 0.3) is 10.9 Å². The van der Waals surface area contributed by atoms with Gasteiger partial charge in [-0.25, -0.2) is 0 Å². The number of nitrogens with one attached hydrogen (secondary N) is 1. The summed E-state index contributed by atoms with van der Waals surface area (Å²) in [6.45, 7) is 5.11. The Hall–Kier alpha value is -2.61. The SMILES string of the molecule is CCOC(=O)CC(Cc1cc(Cl)c2[nH]ncc2c1COC(C)=O)C(=O)OCC. The number of esters is 3. The van der Waals surface area contributed by atoms with Crippen molar-refractivity contribution in [3.63, 3.8) is 0 Å². The summed E-state index contributed by atoms with van der Waals surface area (Å²) >= 11 is 6.33. The molecule has 0 radical (unpaired) electrons. The molecule has 1 N–H and O–H groups in total. The van der Waals surface area contributed by atoms with Crippen LogP contribution in [0, 0.1) is 5.92 Å². The molecule has 0 aliphatic rings. The third kappa shape index (κ3) is 5.45. The molecule has 1 heterocycles. The lowest BCUT2D eigenvalue weighted by atomic mass is 9.92. The quantitative estimate of drug-likeness (QED) is 0.500. The number of fused-ring (bicyclic) bond motifs is 1. The maximum Gasteiger partial charge on any atom is 0.309 e. The van der Waals surface area contributed by atoms with Crippen LogP contribution in [-0.2, 0) is 41.6 Å². The molecule has 8 nitrogen and oxygen atoms in total. The molecule has 28 heavy (non-hydrogen) atoms. The van der Waals surface area contributed by atoms with E-state index < -0.39 is 23.8 Å². The highest BCUT2D eigenvalue weighted by Gasteiger charge is 2.27. The van der Waals surface area contributed by atoms with Crippen molar-refractivity contribution in [1.82, 2.24) is 10.2 Å². The second kappa shape index (κ2) is 10.1. The van der Waals surface area contributed by atoms with Crippen LogP contribution in [0.1, 0.15) is 38.3 Å². The van der Waals surface area contributed by atoms with E-state index in [9.17, 15) is 14.4 Å². The summed E-state index contributed by atoms with van der Waals surface area (Å²) in [6.07, 6.45) is 1.63. The average Bonchev–Trinajstić information content (AvgIpc) is 3.11. The van der Waals surface area contributed by atoms with E-state index in [0.717, 1.165) is 0 Å². The predicted octanol–water partition coefficient (Wildman–Crippen LogP) is 2.95. The van der Waals surface area contributed by atoms with Crippen LogP contribution in [0.5, 0.6) is 0 Å². The van der Waals surface area contributed by atoms with Crippen molar-refractivity contribution in [2.75, 3.05) is 13.2 Å². The van der Waals surface area contributed by atoms with Gasteiger partial charge in [-0.3, -0.25) is 19.5 Å². The van der Waals surface area contributed by atoms with Gasteiger partial charge in [-0.05, 0) is 31.9 Å². The number of aromatic amines is 1. The molecule has 0 amide bonds. The number of hydrogen-bond acceptors (Lipinski definition) is 7. The lowest BCUT2D eigenvalue weighted by Gasteiger charge is -2.18. The maximum absolute atomic E-state index is 12.4. The van der Waals surface area contributed by atoms with Crippen molar-refractivity contribution in [3.8, 4) is 0 Å². The van der Waals surface area contributed by atoms with Gasteiger partial charge >= 0.3 is 17.9 Å². The highest BCUT2D eigenvalue weighted by Crippen LogP contribution is 2.31. The van der Waals surface area contributed by atoms with E-state index in [1.54, 1.807) is 26.1 Å². The molecular weight excluding hydrogens is 388 g/mol. The second-order valence-corrected chi connectivity index (χ2v) is 6.50. The molecule has 152 valence electrons. The molecule has 0 fully saturated rings. The van der Waals surface area contributed by atoms with Crippen LogP contribution in [-0.4, -0.2) is 41.3 Å². The summed E-state index contributed by atoms with van der Waals surface area (Å²) in [6, 6.07) is 1.68. The largest absolute Gasteiger partial charge is 0.466 e. The third-order valence-electron chi connectivity index (χ3n) is 4.12. The smallest absolute Gasteiger partial charge is 0.309 e. The third-order valence-corrected chi connectivity index (χ3v) is 4.41. The summed E-state index contributed by atoms with van der Waals surface area (Å²) in [5.41, 5.74) is 1.94. The molecule has 2 aromatic rings. The van der Waals surface area contributed by atoms with Gasteiger partial charge in [0.1, 0.15) is 6.61 Å². The Morgan fingerprint density at radius 2 is 1.89 bits per heavy atom. The Kier molecular flexibility index (Phi) is 7.80. The number of halogens is 1. The van der Waals surface area contributed by atoms with Gasteiger partial charge in [-0.1, -0.05) is 11.6 Å². The molecule has 0 aliphatic heterocycles. The van der Waals surface area contributed by atoms with E-state index in [-0.39, 0.29) is 32.7 Å². The van der Waals surface area contributed by atoms with Crippen molar-refractivity contribution >= 4 is 40.4 Å². The number of hydrogen-bond donors (Lipinski definition) is 1.